The van der Waals surface area contributed by atoms with Gasteiger partial charge in [-0.15, -0.1) is 5.10 Å². The molecular weight excluding hydrogens is 388 g/mol. The predicted molar refractivity (Wildman–Crippen MR) is 123 cm³/mol. The molecule has 0 spiro atoms. The lowest BCUT2D eigenvalue weighted by Crippen LogP contribution is -2.47. The monoisotopic (exact) mass is 418 g/mol. The molecule has 2 heterocycles. The Kier molecular flexibility index (Phi) is 6.47. The molecule has 3 aromatic rings. The maximum atomic E-state index is 13.1. The minimum atomic E-state index is -0.0657. The molecule has 2 aromatic carbocycles. The van der Waals surface area contributed by atoms with Crippen LogP contribution in [0.25, 0.3) is 10.9 Å². The highest BCUT2D eigenvalue weighted by molar-refractivity contribution is 6.04. The molecule has 1 aliphatic heterocycles. The second-order valence-corrected chi connectivity index (χ2v) is 8.11. The number of nitrogens with zero attached hydrogens (tertiary/aromatic N) is 4. The lowest BCUT2D eigenvalue weighted by atomic mass is 10.0. The third-order valence-corrected chi connectivity index (χ3v) is 6.08. The summed E-state index contributed by atoms with van der Waals surface area (Å²) < 4.78 is 1.46. The maximum absolute atomic E-state index is 13.1. The van der Waals surface area contributed by atoms with Gasteiger partial charge in [-0.05, 0) is 30.5 Å². The number of carbonyl (C=O) groups excluding carboxylic acids is 2. The zero-order chi connectivity index (χ0) is 21.8. The Hall–Kier alpha value is -2.99. The number of piperidine rings is 1. The Morgan fingerprint density at radius 3 is 2.32 bits per heavy atom. The average molecular weight is 419 g/mol. The molecule has 1 fully saturated rings. The molecule has 6 nitrogen and oxygen atoms in total. The minimum absolute atomic E-state index is 0.0564. The first-order chi connectivity index (χ1) is 15.1. The summed E-state index contributed by atoms with van der Waals surface area (Å²) in [5.74, 6) is 0.607. The normalized spacial score (nSPS) is 15.3. The third-order valence-electron chi connectivity index (χ3n) is 6.08. The second-order valence-electron chi connectivity index (χ2n) is 8.11. The maximum Gasteiger partial charge on any atom is 0.247 e. The van der Waals surface area contributed by atoms with Gasteiger partial charge in [-0.1, -0.05) is 56.3 Å². The zero-order valence-electron chi connectivity index (χ0n) is 18.3. The SMILES string of the molecule is CCC(=O)N(c1nn(C(=O)CC)c2ccccc12)C1CCN(Cc2ccccc2)CC1. The van der Waals surface area contributed by atoms with Crippen molar-refractivity contribution in [1.29, 1.82) is 0 Å². The molecule has 1 aliphatic rings. The minimum Gasteiger partial charge on any atom is -0.299 e. The summed E-state index contributed by atoms with van der Waals surface area (Å²) in [5, 5.41) is 5.51. The van der Waals surface area contributed by atoms with Gasteiger partial charge in [0.1, 0.15) is 0 Å². The van der Waals surface area contributed by atoms with Crippen LogP contribution in [0.2, 0.25) is 0 Å². The molecule has 31 heavy (non-hydrogen) atoms. The second kappa shape index (κ2) is 9.43. The van der Waals surface area contributed by atoms with Crippen LogP contribution in [-0.4, -0.2) is 45.6 Å². The van der Waals surface area contributed by atoms with Crippen molar-refractivity contribution in [3.63, 3.8) is 0 Å². The van der Waals surface area contributed by atoms with Gasteiger partial charge < -0.3 is 0 Å². The molecule has 0 atom stereocenters. The van der Waals surface area contributed by atoms with E-state index in [9.17, 15) is 9.59 Å². The van der Waals surface area contributed by atoms with Gasteiger partial charge in [-0.25, -0.2) is 0 Å². The number of rotatable bonds is 6. The van der Waals surface area contributed by atoms with Crippen molar-refractivity contribution in [3.8, 4) is 0 Å². The molecule has 6 heteroatoms. The molecule has 0 N–H and O–H groups in total. The van der Waals surface area contributed by atoms with Gasteiger partial charge in [0.25, 0.3) is 0 Å². The van der Waals surface area contributed by atoms with Crippen LogP contribution in [0.4, 0.5) is 5.82 Å². The number of aromatic nitrogens is 2. The smallest absolute Gasteiger partial charge is 0.247 e. The van der Waals surface area contributed by atoms with Crippen LogP contribution >= 0.6 is 0 Å². The summed E-state index contributed by atoms with van der Waals surface area (Å²) in [5.41, 5.74) is 2.07. The fraction of sp³-hybridized carbons (Fsp3) is 0.400. The van der Waals surface area contributed by atoms with Gasteiger partial charge in [0, 0.05) is 43.9 Å². The van der Waals surface area contributed by atoms with Crippen LogP contribution in [0.1, 0.15) is 49.9 Å². The molecule has 0 saturated carbocycles. The van der Waals surface area contributed by atoms with E-state index in [-0.39, 0.29) is 17.9 Å². The van der Waals surface area contributed by atoms with Crippen molar-refractivity contribution < 1.29 is 9.59 Å². The number of carbonyl (C=O) groups is 2. The lowest BCUT2D eigenvalue weighted by Gasteiger charge is -2.37. The third kappa shape index (κ3) is 4.39. The number of anilines is 1. The molecule has 1 saturated heterocycles. The standard InChI is InChI=1S/C25H30N4O2/c1-3-23(30)28(20-14-16-27(17-15-20)18-19-10-6-5-7-11-19)25-21-12-8-9-13-22(21)29(26-25)24(31)4-2/h5-13,20H,3-4,14-18H2,1-2H3. The van der Waals surface area contributed by atoms with Gasteiger partial charge in [-0.3, -0.25) is 19.4 Å². The highest BCUT2D eigenvalue weighted by Crippen LogP contribution is 2.31. The molecule has 0 unspecified atom stereocenters. The van der Waals surface area contributed by atoms with Gasteiger partial charge in [-0.2, -0.15) is 4.68 Å². The largest absolute Gasteiger partial charge is 0.299 e. The van der Waals surface area contributed by atoms with Gasteiger partial charge in [0.05, 0.1) is 5.52 Å². The Labute approximate surface area is 183 Å². The molecule has 1 amide bonds. The number of para-hydroxylation sites is 1. The number of amides is 1. The molecule has 0 radical (unpaired) electrons. The van der Waals surface area contributed by atoms with Crippen LogP contribution in [0.3, 0.4) is 0 Å². The van der Waals surface area contributed by atoms with E-state index in [1.54, 1.807) is 0 Å². The van der Waals surface area contributed by atoms with Crippen molar-refractivity contribution in [2.24, 2.45) is 0 Å². The first-order valence-electron chi connectivity index (χ1n) is 11.2. The summed E-state index contributed by atoms with van der Waals surface area (Å²) >= 11 is 0. The number of benzene rings is 2. The van der Waals surface area contributed by atoms with Crippen molar-refractivity contribution in [1.82, 2.24) is 14.7 Å². The molecule has 0 aliphatic carbocycles. The molecule has 162 valence electrons. The van der Waals surface area contributed by atoms with E-state index in [2.05, 4.69) is 34.3 Å². The van der Waals surface area contributed by atoms with E-state index in [1.807, 2.05) is 49.1 Å². The van der Waals surface area contributed by atoms with Gasteiger partial charge in [0.15, 0.2) is 5.82 Å². The fourth-order valence-electron chi connectivity index (χ4n) is 4.41. The summed E-state index contributed by atoms with van der Waals surface area (Å²) in [6, 6.07) is 18.3. The van der Waals surface area contributed by atoms with Crippen molar-refractivity contribution in [2.75, 3.05) is 18.0 Å². The fourth-order valence-corrected chi connectivity index (χ4v) is 4.41. The first-order valence-corrected chi connectivity index (χ1v) is 11.2. The summed E-state index contributed by atoms with van der Waals surface area (Å²) in [6.07, 6.45) is 2.56. The van der Waals surface area contributed by atoms with E-state index < -0.39 is 0 Å². The zero-order valence-corrected chi connectivity index (χ0v) is 18.3. The van der Waals surface area contributed by atoms with Crippen LogP contribution < -0.4 is 4.90 Å². The first kappa shape index (κ1) is 21.2. The molecular formula is C25H30N4O2. The summed E-state index contributed by atoms with van der Waals surface area (Å²) in [7, 11) is 0. The molecule has 1 aromatic heterocycles. The van der Waals surface area contributed by atoms with E-state index in [0.29, 0.717) is 18.7 Å². The summed E-state index contributed by atoms with van der Waals surface area (Å²) in [6.45, 7) is 6.50. The average Bonchev–Trinajstić information content (AvgIpc) is 3.20. The number of fused-ring (bicyclic) bond motifs is 1. The Balaban J connectivity index is 1.59. The van der Waals surface area contributed by atoms with Gasteiger partial charge >= 0.3 is 0 Å². The Morgan fingerprint density at radius 1 is 0.968 bits per heavy atom. The van der Waals surface area contributed by atoms with Crippen molar-refractivity contribution >= 4 is 28.5 Å². The van der Waals surface area contributed by atoms with Crippen LogP contribution in [0.5, 0.6) is 0 Å². The number of hydrogen-bond donors (Lipinski definition) is 0. The van der Waals surface area contributed by atoms with Crippen LogP contribution in [0.15, 0.2) is 54.6 Å². The van der Waals surface area contributed by atoms with Crippen molar-refractivity contribution in [3.05, 3.63) is 60.2 Å². The Morgan fingerprint density at radius 2 is 1.65 bits per heavy atom. The van der Waals surface area contributed by atoms with E-state index in [0.717, 1.165) is 43.4 Å². The summed E-state index contributed by atoms with van der Waals surface area (Å²) in [4.78, 5) is 29.8. The lowest BCUT2D eigenvalue weighted by molar-refractivity contribution is -0.119. The van der Waals surface area contributed by atoms with Gasteiger partial charge in [0.2, 0.25) is 11.8 Å². The quantitative estimate of drug-likeness (QED) is 0.592. The highest BCUT2D eigenvalue weighted by atomic mass is 16.2. The topological polar surface area (TPSA) is 58.4 Å². The highest BCUT2D eigenvalue weighted by Gasteiger charge is 2.32. The van der Waals surface area contributed by atoms with E-state index in [1.165, 1.54) is 10.2 Å². The van der Waals surface area contributed by atoms with Crippen LogP contribution in [-0.2, 0) is 11.3 Å². The van der Waals surface area contributed by atoms with E-state index in [4.69, 9.17) is 0 Å². The molecule has 0 bridgehead atoms. The van der Waals surface area contributed by atoms with E-state index >= 15 is 0 Å². The van der Waals surface area contributed by atoms with Crippen LogP contribution in [0, 0.1) is 0 Å². The Bertz CT molecular complexity index is 1050. The number of hydrogen-bond acceptors (Lipinski definition) is 4. The number of likely N-dealkylation sites (tertiary alicyclic amines) is 1. The van der Waals surface area contributed by atoms with Crippen molar-refractivity contribution in [2.45, 2.75) is 52.1 Å². The predicted octanol–water partition coefficient (Wildman–Crippen LogP) is 4.49. The molecule has 4 rings (SSSR count).